The number of nitrogen functional groups attached to an aromatic ring is 1. The van der Waals surface area contributed by atoms with Gasteiger partial charge in [-0.3, -0.25) is 5.41 Å². The number of aromatic nitrogens is 1. The molecular formula is C10H13F3N4. The van der Waals surface area contributed by atoms with E-state index in [-0.39, 0.29) is 18.2 Å². The number of halogens is 3. The molecule has 0 saturated carbocycles. The van der Waals surface area contributed by atoms with Crippen molar-refractivity contribution in [3.63, 3.8) is 0 Å². The molecule has 0 aromatic carbocycles. The topological polar surface area (TPSA) is 66.0 Å². The summed E-state index contributed by atoms with van der Waals surface area (Å²) in [5.41, 5.74) is 5.66. The Labute approximate surface area is 96.8 Å². The molecule has 94 valence electrons. The first kappa shape index (κ1) is 13.3. The minimum atomic E-state index is -4.21. The summed E-state index contributed by atoms with van der Waals surface area (Å²) in [6.45, 7) is -0.221. The molecule has 4 nitrogen and oxygen atoms in total. The van der Waals surface area contributed by atoms with Crippen LogP contribution >= 0.6 is 0 Å². The highest BCUT2D eigenvalue weighted by Crippen LogP contribution is 2.22. The summed E-state index contributed by atoms with van der Waals surface area (Å²) in [4.78, 5) is 5.28. The van der Waals surface area contributed by atoms with E-state index < -0.39 is 12.6 Å². The lowest BCUT2D eigenvalue weighted by molar-refractivity contribution is -0.132. The third-order valence-corrected chi connectivity index (χ3v) is 2.17. The first-order valence-corrected chi connectivity index (χ1v) is 4.88. The van der Waals surface area contributed by atoms with Gasteiger partial charge in [0.15, 0.2) is 0 Å². The standard InChI is InChI=1S/C10H13F3N4/c1-17(6-4-10(11,12)13)9-7(8(14)15)3-2-5-16-9/h2-3,5H,4,6H2,1H3,(H3,14,15). The number of anilines is 1. The number of hydrogen-bond acceptors (Lipinski definition) is 3. The summed E-state index contributed by atoms with van der Waals surface area (Å²) < 4.78 is 36.2. The monoisotopic (exact) mass is 246 g/mol. The van der Waals surface area contributed by atoms with Gasteiger partial charge in [-0.15, -0.1) is 0 Å². The van der Waals surface area contributed by atoms with Gasteiger partial charge in [-0.1, -0.05) is 0 Å². The summed E-state index contributed by atoms with van der Waals surface area (Å²) in [6.07, 6.45) is -3.69. The van der Waals surface area contributed by atoms with Crippen LogP contribution in [0.2, 0.25) is 0 Å². The van der Waals surface area contributed by atoms with Crippen molar-refractivity contribution in [3.05, 3.63) is 23.9 Å². The van der Waals surface area contributed by atoms with E-state index >= 15 is 0 Å². The van der Waals surface area contributed by atoms with Gasteiger partial charge in [-0.05, 0) is 12.1 Å². The Balaban J connectivity index is 2.82. The lowest BCUT2D eigenvalue weighted by atomic mass is 10.2. The number of hydrogen-bond donors (Lipinski definition) is 2. The maximum Gasteiger partial charge on any atom is 0.390 e. The molecule has 0 spiro atoms. The molecule has 1 heterocycles. The molecule has 0 amide bonds. The Bertz CT molecular complexity index is 403. The highest BCUT2D eigenvalue weighted by atomic mass is 19.4. The molecule has 0 bridgehead atoms. The zero-order valence-corrected chi connectivity index (χ0v) is 9.25. The Morgan fingerprint density at radius 3 is 2.71 bits per heavy atom. The van der Waals surface area contributed by atoms with E-state index in [1.54, 1.807) is 12.1 Å². The third kappa shape index (κ3) is 3.93. The van der Waals surface area contributed by atoms with Gasteiger partial charge in [0.05, 0.1) is 12.0 Å². The molecule has 0 radical (unpaired) electrons. The van der Waals surface area contributed by atoms with E-state index in [1.165, 1.54) is 18.1 Å². The Morgan fingerprint density at radius 2 is 2.18 bits per heavy atom. The lowest BCUT2D eigenvalue weighted by Crippen LogP contribution is -2.27. The minimum Gasteiger partial charge on any atom is -0.384 e. The van der Waals surface area contributed by atoms with Crippen molar-refractivity contribution in [2.24, 2.45) is 5.73 Å². The van der Waals surface area contributed by atoms with E-state index in [0.29, 0.717) is 5.56 Å². The normalized spacial score (nSPS) is 11.3. The van der Waals surface area contributed by atoms with E-state index in [0.717, 1.165) is 0 Å². The fourth-order valence-corrected chi connectivity index (χ4v) is 1.31. The van der Waals surface area contributed by atoms with Gasteiger partial charge in [-0.25, -0.2) is 4.98 Å². The number of alkyl halides is 3. The van der Waals surface area contributed by atoms with Crippen LogP contribution in [0.3, 0.4) is 0 Å². The summed E-state index contributed by atoms with van der Waals surface area (Å²) in [6, 6.07) is 3.13. The molecule has 3 N–H and O–H groups in total. The molecule has 0 aliphatic rings. The zero-order valence-electron chi connectivity index (χ0n) is 9.25. The average Bonchev–Trinajstić information content (AvgIpc) is 2.25. The van der Waals surface area contributed by atoms with Crippen LogP contribution < -0.4 is 10.6 Å². The van der Waals surface area contributed by atoms with Crippen molar-refractivity contribution in [3.8, 4) is 0 Å². The second-order valence-electron chi connectivity index (χ2n) is 3.57. The largest absolute Gasteiger partial charge is 0.390 e. The highest BCUT2D eigenvalue weighted by molar-refractivity contribution is 5.99. The second-order valence-corrected chi connectivity index (χ2v) is 3.57. The van der Waals surface area contributed by atoms with Crippen LogP contribution in [0.15, 0.2) is 18.3 Å². The Morgan fingerprint density at radius 1 is 1.53 bits per heavy atom. The smallest absolute Gasteiger partial charge is 0.384 e. The van der Waals surface area contributed by atoms with Crippen LogP contribution in [0.1, 0.15) is 12.0 Å². The first-order valence-electron chi connectivity index (χ1n) is 4.88. The number of nitrogens with two attached hydrogens (primary N) is 1. The van der Waals surface area contributed by atoms with Crippen LogP contribution in [-0.4, -0.2) is 30.6 Å². The summed E-state index contributed by atoms with van der Waals surface area (Å²) in [5, 5.41) is 7.31. The van der Waals surface area contributed by atoms with Gasteiger partial charge in [0.2, 0.25) is 0 Å². The van der Waals surface area contributed by atoms with Crippen molar-refractivity contribution in [1.82, 2.24) is 4.98 Å². The number of amidine groups is 1. The Kier molecular flexibility index (Phi) is 3.93. The van der Waals surface area contributed by atoms with Crippen molar-refractivity contribution in [2.45, 2.75) is 12.6 Å². The molecule has 0 saturated heterocycles. The zero-order chi connectivity index (χ0) is 13.1. The van der Waals surface area contributed by atoms with Gasteiger partial charge >= 0.3 is 6.18 Å². The predicted molar refractivity (Wildman–Crippen MR) is 59.2 cm³/mol. The molecule has 0 atom stereocenters. The summed E-state index contributed by atoms with van der Waals surface area (Å²) in [5.74, 6) is 0.0659. The van der Waals surface area contributed by atoms with Crippen molar-refractivity contribution in [2.75, 3.05) is 18.5 Å². The van der Waals surface area contributed by atoms with Crippen molar-refractivity contribution < 1.29 is 13.2 Å². The highest BCUT2D eigenvalue weighted by Gasteiger charge is 2.27. The maximum absolute atomic E-state index is 12.1. The quantitative estimate of drug-likeness (QED) is 0.628. The molecule has 0 unspecified atom stereocenters. The second kappa shape index (κ2) is 5.03. The van der Waals surface area contributed by atoms with Crippen LogP contribution in [0.5, 0.6) is 0 Å². The fourth-order valence-electron chi connectivity index (χ4n) is 1.31. The first-order chi connectivity index (χ1) is 7.81. The number of pyridine rings is 1. The molecule has 0 fully saturated rings. The predicted octanol–water partition coefficient (Wildman–Crippen LogP) is 1.75. The van der Waals surface area contributed by atoms with E-state index in [9.17, 15) is 13.2 Å². The molecule has 17 heavy (non-hydrogen) atoms. The maximum atomic E-state index is 12.1. The van der Waals surface area contributed by atoms with Gasteiger partial charge in [0, 0.05) is 19.8 Å². The van der Waals surface area contributed by atoms with E-state index in [1.807, 2.05) is 0 Å². The molecule has 1 aromatic heterocycles. The summed E-state index contributed by atoms with van der Waals surface area (Å²) >= 11 is 0. The number of nitrogens with one attached hydrogen (secondary N) is 1. The molecule has 1 aromatic rings. The lowest BCUT2D eigenvalue weighted by Gasteiger charge is -2.21. The Hall–Kier alpha value is -1.79. The number of nitrogens with zero attached hydrogens (tertiary/aromatic N) is 2. The average molecular weight is 246 g/mol. The van der Waals surface area contributed by atoms with Crippen LogP contribution in [0.25, 0.3) is 0 Å². The fraction of sp³-hybridized carbons (Fsp3) is 0.400. The molecule has 0 aliphatic heterocycles. The van der Waals surface area contributed by atoms with Crippen LogP contribution in [-0.2, 0) is 0 Å². The SMILES string of the molecule is CN(CCC(F)(F)F)c1ncccc1C(=N)N. The minimum absolute atomic E-state index is 0.216. The molecular weight excluding hydrogens is 233 g/mol. The van der Waals surface area contributed by atoms with Gasteiger partial charge in [0.1, 0.15) is 11.7 Å². The van der Waals surface area contributed by atoms with Crippen molar-refractivity contribution >= 4 is 11.7 Å². The summed E-state index contributed by atoms with van der Waals surface area (Å²) in [7, 11) is 1.49. The van der Waals surface area contributed by atoms with Gasteiger partial charge < -0.3 is 10.6 Å². The van der Waals surface area contributed by atoms with Gasteiger partial charge in [-0.2, -0.15) is 13.2 Å². The van der Waals surface area contributed by atoms with Crippen molar-refractivity contribution in [1.29, 1.82) is 5.41 Å². The molecule has 7 heteroatoms. The van der Waals surface area contributed by atoms with Gasteiger partial charge in [0.25, 0.3) is 0 Å². The molecule has 1 rings (SSSR count). The number of rotatable bonds is 4. The van der Waals surface area contributed by atoms with E-state index in [2.05, 4.69) is 4.98 Å². The molecule has 0 aliphatic carbocycles. The van der Waals surface area contributed by atoms with Crippen LogP contribution in [0.4, 0.5) is 19.0 Å². The van der Waals surface area contributed by atoms with E-state index in [4.69, 9.17) is 11.1 Å². The van der Waals surface area contributed by atoms with Crippen LogP contribution in [0, 0.1) is 5.41 Å². The third-order valence-electron chi connectivity index (χ3n) is 2.17.